The van der Waals surface area contributed by atoms with Crippen molar-refractivity contribution in [3.63, 3.8) is 0 Å². The number of rotatable bonds is 12. The van der Waals surface area contributed by atoms with E-state index in [9.17, 15) is 19.8 Å². The summed E-state index contributed by atoms with van der Waals surface area (Å²) in [6.45, 7) is 0.193. The predicted octanol–water partition coefficient (Wildman–Crippen LogP) is 3.53. The molecular formula is C32H35IN2O6. The number of halogens is 1. The van der Waals surface area contributed by atoms with Gasteiger partial charge in [0.2, 0.25) is 11.8 Å². The number of carbonyl (C=O) groups excluding carboxylic acids is 2. The molecule has 41 heavy (non-hydrogen) atoms. The van der Waals surface area contributed by atoms with Crippen LogP contribution in [0.4, 0.5) is 0 Å². The molecule has 0 bridgehead atoms. The summed E-state index contributed by atoms with van der Waals surface area (Å²) < 4.78 is 12.6. The van der Waals surface area contributed by atoms with Gasteiger partial charge in [0.05, 0.1) is 29.7 Å². The van der Waals surface area contributed by atoms with Crippen molar-refractivity contribution in [3.05, 3.63) is 105 Å². The summed E-state index contributed by atoms with van der Waals surface area (Å²) in [6.07, 6.45) is 0.420. The Morgan fingerprint density at radius 1 is 1.00 bits per heavy atom. The molecule has 9 heteroatoms. The Labute approximate surface area is 254 Å². The SMILES string of the molecule is COc1ccccc1CCN(C(=O)Cc1ccccc1)[C@@H]1CC(C(=O)NCCO)=C[C@H](Oc2ccccc2I)[C@H]1O. The third-order valence-electron chi connectivity index (χ3n) is 7.05. The van der Waals surface area contributed by atoms with E-state index in [1.54, 1.807) is 24.2 Å². The van der Waals surface area contributed by atoms with Crippen molar-refractivity contribution < 1.29 is 29.3 Å². The van der Waals surface area contributed by atoms with Gasteiger partial charge in [-0.3, -0.25) is 9.59 Å². The van der Waals surface area contributed by atoms with Gasteiger partial charge in [0.1, 0.15) is 23.7 Å². The standard InChI is InChI=1S/C32H35IN2O6/c1-40-27-13-7-5-11-23(27)15-17-35(30(37)19-22-9-3-2-4-10-22)26-20-24(32(39)34-16-18-36)21-29(31(26)38)41-28-14-8-6-12-25(28)33/h2-14,21,26,29,31,36,38H,15-20H2,1H3,(H,34,39)/t26-,29+,31+/m1/s1. The highest BCUT2D eigenvalue weighted by molar-refractivity contribution is 14.1. The molecule has 2 amide bonds. The lowest BCUT2D eigenvalue weighted by Gasteiger charge is -2.40. The van der Waals surface area contributed by atoms with Crippen LogP contribution >= 0.6 is 22.6 Å². The highest BCUT2D eigenvalue weighted by atomic mass is 127. The van der Waals surface area contributed by atoms with Crippen molar-refractivity contribution in [1.82, 2.24) is 10.2 Å². The van der Waals surface area contributed by atoms with Crippen LogP contribution in [0.15, 0.2) is 90.5 Å². The van der Waals surface area contributed by atoms with E-state index >= 15 is 0 Å². The van der Waals surface area contributed by atoms with Gasteiger partial charge in [0.15, 0.2) is 0 Å². The maximum absolute atomic E-state index is 13.9. The monoisotopic (exact) mass is 670 g/mol. The number of carbonyl (C=O) groups is 2. The minimum absolute atomic E-state index is 0.0932. The number of hydrogen-bond donors (Lipinski definition) is 3. The molecule has 3 N–H and O–H groups in total. The Morgan fingerprint density at radius 2 is 1.68 bits per heavy atom. The first-order chi connectivity index (χ1) is 19.9. The number of aliphatic hydroxyl groups is 2. The Bertz CT molecular complexity index is 1350. The van der Waals surface area contributed by atoms with E-state index in [2.05, 4.69) is 27.9 Å². The average molecular weight is 671 g/mol. The predicted molar refractivity (Wildman–Crippen MR) is 165 cm³/mol. The van der Waals surface area contributed by atoms with Crippen LogP contribution < -0.4 is 14.8 Å². The zero-order chi connectivity index (χ0) is 29.2. The van der Waals surface area contributed by atoms with Gasteiger partial charge in [-0.05, 0) is 64.4 Å². The molecule has 0 heterocycles. The van der Waals surface area contributed by atoms with Crippen LogP contribution in [0, 0.1) is 3.57 Å². The number of hydrogen-bond acceptors (Lipinski definition) is 6. The first kappa shape index (κ1) is 30.5. The molecule has 0 aromatic heterocycles. The molecule has 4 rings (SSSR count). The molecule has 0 unspecified atom stereocenters. The first-order valence-corrected chi connectivity index (χ1v) is 14.6. The van der Waals surface area contributed by atoms with Crippen molar-refractivity contribution in [2.45, 2.75) is 37.5 Å². The van der Waals surface area contributed by atoms with Crippen LogP contribution in [0.25, 0.3) is 0 Å². The zero-order valence-electron chi connectivity index (χ0n) is 22.9. The van der Waals surface area contributed by atoms with Crippen molar-refractivity contribution in [1.29, 1.82) is 0 Å². The third kappa shape index (κ3) is 8.08. The molecule has 1 aliphatic rings. The average Bonchev–Trinajstić information content (AvgIpc) is 2.99. The van der Waals surface area contributed by atoms with Gasteiger partial charge in [-0.2, -0.15) is 0 Å². The summed E-state index contributed by atoms with van der Waals surface area (Å²) >= 11 is 2.16. The third-order valence-corrected chi connectivity index (χ3v) is 7.94. The second-order valence-electron chi connectivity index (χ2n) is 9.76. The number of para-hydroxylation sites is 2. The maximum atomic E-state index is 13.9. The number of benzene rings is 3. The number of nitrogens with zero attached hydrogens (tertiary/aromatic N) is 1. The van der Waals surface area contributed by atoms with Crippen LogP contribution in [0.5, 0.6) is 11.5 Å². The van der Waals surface area contributed by atoms with E-state index in [-0.39, 0.29) is 37.8 Å². The minimum atomic E-state index is -1.10. The van der Waals surface area contributed by atoms with E-state index in [1.807, 2.05) is 72.8 Å². The number of aliphatic hydroxyl groups excluding tert-OH is 2. The molecule has 8 nitrogen and oxygen atoms in total. The number of nitrogens with one attached hydrogen (secondary N) is 1. The minimum Gasteiger partial charge on any atom is -0.496 e. The molecular weight excluding hydrogens is 635 g/mol. The molecule has 1 aliphatic carbocycles. The summed E-state index contributed by atoms with van der Waals surface area (Å²) in [5, 5.41) is 23.6. The van der Waals surface area contributed by atoms with Crippen LogP contribution in [0.2, 0.25) is 0 Å². The van der Waals surface area contributed by atoms with Crippen molar-refractivity contribution in [3.8, 4) is 11.5 Å². The van der Waals surface area contributed by atoms with Crippen LogP contribution in [-0.4, -0.2) is 72.0 Å². The summed E-state index contributed by atoms with van der Waals surface area (Å²) in [6, 6.07) is 23.8. The summed E-state index contributed by atoms with van der Waals surface area (Å²) in [4.78, 5) is 28.6. The van der Waals surface area contributed by atoms with E-state index in [0.29, 0.717) is 24.3 Å². The molecule has 0 aliphatic heterocycles. The van der Waals surface area contributed by atoms with Gasteiger partial charge in [0.25, 0.3) is 0 Å². The topological polar surface area (TPSA) is 108 Å². The lowest BCUT2D eigenvalue weighted by molar-refractivity contribution is -0.137. The van der Waals surface area contributed by atoms with Gasteiger partial charge >= 0.3 is 0 Å². The molecule has 3 aromatic rings. The van der Waals surface area contributed by atoms with Crippen LogP contribution in [-0.2, 0) is 22.4 Å². The molecule has 0 saturated heterocycles. The number of methoxy groups -OCH3 is 1. The lowest BCUT2D eigenvalue weighted by atomic mass is 9.87. The van der Waals surface area contributed by atoms with Gasteiger partial charge in [-0.15, -0.1) is 0 Å². The number of ether oxygens (including phenoxy) is 2. The van der Waals surface area contributed by atoms with Crippen molar-refractivity contribution in [2.75, 3.05) is 26.8 Å². The first-order valence-electron chi connectivity index (χ1n) is 13.6. The van der Waals surface area contributed by atoms with E-state index in [4.69, 9.17) is 9.47 Å². The molecule has 3 aromatic carbocycles. The van der Waals surface area contributed by atoms with E-state index < -0.39 is 18.2 Å². The second-order valence-corrected chi connectivity index (χ2v) is 10.9. The van der Waals surface area contributed by atoms with Gasteiger partial charge < -0.3 is 29.9 Å². The fraction of sp³-hybridized carbons (Fsp3) is 0.312. The number of amides is 2. The van der Waals surface area contributed by atoms with Gasteiger partial charge in [-0.1, -0.05) is 60.7 Å². The fourth-order valence-electron chi connectivity index (χ4n) is 4.96. The Kier molecular flexibility index (Phi) is 11.2. The molecule has 0 spiro atoms. The molecule has 0 saturated carbocycles. The van der Waals surface area contributed by atoms with Crippen LogP contribution in [0.1, 0.15) is 17.5 Å². The highest BCUT2D eigenvalue weighted by Gasteiger charge is 2.40. The van der Waals surface area contributed by atoms with Crippen molar-refractivity contribution in [2.24, 2.45) is 0 Å². The Morgan fingerprint density at radius 3 is 2.39 bits per heavy atom. The fourth-order valence-corrected chi connectivity index (χ4v) is 5.48. The van der Waals surface area contributed by atoms with Gasteiger partial charge in [0, 0.05) is 25.1 Å². The Hall–Kier alpha value is -3.41. The summed E-state index contributed by atoms with van der Waals surface area (Å²) in [5.41, 5.74) is 2.17. The second kappa shape index (κ2) is 15.0. The van der Waals surface area contributed by atoms with E-state index in [0.717, 1.165) is 20.4 Å². The Balaban J connectivity index is 1.67. The highest BCUT2D eigenvalue weighted by Crippen LogP contribution is 2.30. The summed E-state index contributed by atoms with van der Waals surface area (Å²) in [7, 11) is 1.61. The van der Waals surface area contributed by atoms with Crippen molar-refractivity contribution >= 4 is 34.4 Å². The largest absolute Gasteiger partial charge is 0.496 e. The molecule has 0 fully saturated rings. The molecule has 3 atom stereocenters. The smallest absolute Gasteiger partial charge is 0.247 e. The zero-order valence-corrected chi connectivity index (χ0v) is 25.1. The van der Waals surface area contributed by atoms with Crippen LogP contribution in [0.3, 0.4) is 0 Å². The van der Waals surface area contributed by atoms with E-state index in [1.165, 1.54) is 0 Å². The molecule has 0 radical (unpaired) electrons. The summed E-state index contributed by atoms with van der Waals surface area (Å²) in [5.74, 6) is 0.754. The lowest BCUT2D eigenvalue weighted by Crippen LogP contribution is -2.56. The molecule has 216 valence electrons. The van der Waals surface area contributed by atoms with Gasteiger partial charge in [-0.25, -0.2) is 0 Å². The quantitative estimate of drug-likeness (QED) is 0.255. The maximum Gasteiger partial charge on any atom is 0.247 e. The normalized spacial score (nSPS) is 18.2.